The summed E-state index contributed by atoms with van der Waals surface area (Å²) < 4.78 is 5.61. The van der Waals surface area contributed by atoms with Gasteiger partial charge in [-0.05, 0) is 32.4 Å². The molecule has 0 aliphatic rings. The van der Waals surface area contributed by atoms with Crippen LogP contribution in [0.25, 0.3) is 0 Å². The number of nitrogen functional groups attached to an aromatic ring is 1. The molecular weight excluding hydrogens is 216 g/mol. The third-order valence-corrected chi connectivity index (χ3v) is 2.50. The van der Waals surface area contributed by atoms with E-state index in [1.165, 1.54) is 0 Å². The molecule has 17 heavy (non-hydrogen) atoms. The number of benzene rings is 1. The first-order chi connectivity index (χ1) is 8.08. The molecule has 0 aromatic heterocycles. The van der Waals surface area contributed by atoms with Gasteiger partial charge in [0.2, 0.25) is 0 Å². The molecule has 0 saturated heterocycles. The van der Waals surface area contributed by atoms with Crippen LogP contribution in [0.1, 0.15) is 27.2 Å². The first-order valence-corrected chi connectivity index (χ1v) is 6.01. The smallest absolute Gasteiger partial charge is 0.144 e. The van der Waals surface area contributed by atoms with Crippen molar-refractivity contribution in [3.05, 3.63) is 18.2 Å². The van der Waals surface area contributed by atoms with E-state index in [1.54, 1.807) is 0 Å². The molecule has 1 unspecified atom stereocenters. The van der Waals surface area contributed by atoms with Crippen LogP contribution < -0.4 is 15.8 Å². The van der Waals surface area contributed by atoms with E-state index in [-0.39, 0.29) is 18.8 Å². The van der Waals surface area contributed by atoms with Gasteiger partial charge in [0.15, 0.2) is 0 Å². The second-order valence-electron chi connectivity index (χ2n) is 4.32. The molecule has 0 radical (unpaired) electrons. The van der Waals surface area contributed by atoms with Crippen molar-refractivity contribution in [2.75, 3.05) is 17.7 Å². The lowest BCUT2D eigenvalue weighted by Crippen LogP contribution is -2.23. The predicted octanol–water partition coefficient (Wildman–Crippen LogP) is 2.24. The van der Waals surface area contributed by atoms with Crippen molar-refractivity contribution in [2.45, 2.75) is 39.3 Å². The summed E-state index contributed by atoms with van der Waals surface area (Å²) in [6, 6.07) is 5.65. The Morgan fingerprint density at radius 2 is 2.12 bits per heavy atom. The van der Waals surface area contributed by atoms with Crippen molar-refractivity contribution in [3.63, 3.8) is 0 Å². The van der Waals surface area contributed by atoms with E-state index >= 15 is 0 Å². The minimum Gasteiger partial charge on any atom is -0.489 e. The Morgan fingerprint density at radius 3 is 2.65 bits per heavy atom. The van der Waals surface area contributed by atoms with Gasteiger partial charge in [-0.1, -0.05) is 13.0 Å². The summed E-state index contributed by atoms with van der Waals surface area (Å²) in [4.78, 5) is 0. The number of hydrogen-bond donors (Lipinski definition) is 3. The van der Waals surface area contributed by atoms with E-state index in [0.29, 0.717) is 11.4 Å². The van der Waals surface area contributed by atoms with Crippen molar-refractivity contribution in [3.8, 4) is 5.75 Å². The molecule has 1 rings (SSSR count). The molecule has 0 heterocycles. The summed E-state index contributed by atoms with van der Waals surface area (Å²) in [5.41, 5.74) is 7.42. The molecule has 0 saturated carbocycles. The number of nitrogens with two attached hydrogens (primary N) is 1. The Hall–Kier alpha value is -1.42. The molecular formula is C13H22N2O2. The third kappa shape index (κ3) is 3.82. The van der Waals surface area contributed by atoms with E-state index in [0.717, 1.165) is 12.1 Å². The monoisotopic (exact) mass is 238 g/mol. The van der Waals surface area contributed by atoms with Crippen LogP contribution in [-0.4, -0.2) is 23.9 Å². The largest absolute Gasteiger partial charge is 0.489 e. The van der Waals surface area contributed by atoms with Gasteiger partial charge in [-0.3, -0.25) is 0 Å². The molecule has 96 valence electrons. The van der Waals surface area contributed by atoms with Crippen LogP contribution in [0.2, 0.25) is 0 Å². The van der Waals surface area contributed by atoms with E-state index in [2.05, 4.69) is 5.32 Å². The lowest BCUT2D eigenvalue weighted by molar-refractivity contribution is 0.244. The number of nitrogens with one attached hydrogen (secondary N) is 1. The third-order valence-electron chi connectivity index (χ3n) is 2.50. The molecule has 0 amide bonds. The predicted molar refractivity (Wildman–Crippen MR) is 71.4 cm³/mol. The summed E-state index contributed by atoms with van der Waals surface area (Å²) in [6.45, 7) is 6.02. The fourth-order valence-electron chi connectivity index (χ4n) is 1.52. The first kappa shape index (κ1) is 13.6. The number of ether oxygens (including phenoxy) is 1. The molecule has 0 bridgehead atoms. The van der Waals surface area contributed by atoms with Gasteiger partial charge >= 0.3 is 0 Å². The molecule has 4 heteroatoms. The van der Waals surface area contributed by atoms with Gasteiger partial charge in [-0.15, -0.1) is 0 Å². The van der Waals surface area contributed by atoms with Crippen molar-refractivity contribution in [1.29, 1.82) is 0 Å². The Kier molecular flexibility index (Phi) is 5.10. The summed E-state index contributed by atoms with van der Waals surface area (Å²) in [7, 11) is 0. The Morgan fingerprint density at radius 1 is 1.41 bits per heavy atom. The zero-order chi connectivity index (χ0) is 12.8. The number of rotatable bonds is 6. The average molecular weight is 238 g/mol. The molecule has 4 nitrogen and oxygen atoms in total. The number of para-hydroxylation sites is 1. The van der Waals surface area contributed by atoms with Crippen molar-refractivity contribution >= 4 is 11.4 Å². The maximum Gasteiger partial charge on any atom is 0.144 e. The van der Waals surface area contributed by atoms with Crippen LogP contribution in [0.5, 0.6) is 5.75 Å². The van der Waals surface area contributed by atoms with E-state index < -0.39 is 0 Å². The van der Waals surface area contributed by atoms with Crippen molar-refractivity contribution < 1.29 is 9.84 Å². The quantitative estimate of drug-likeness (QED) is 0.665. The Balaban J connectivity index is 2.86. The zero-order valence-electron chi connectivity index (χ0n) is 10.7. The molecule has 1 atom stereocenters. The topological polar surface area (TPSA) is 67.5 Å². The fraction of sp³-hybridized carbons (Fsp3) is 0.538. The molecule has 0 spiro atoms. The average Bonchev–Trinajstić information content (AvgIpc) is 2.30. The van der Waals surface area contributed by atoms with Crippen LogP contribution in [0.3, 0.4) is 0 Å². The van der Waals surface area contributed by atoms with Gasteiger partial charge < -0.3 is 20.9 Å². The first-order valence-electron chi connectivity index (χ1n) is 6.01. The molecule has 1 aromatic carbocycles. The fourth-order valence-corrected chi connectivity index (χ4v) is 1.52. The molecule has 0 aliphatic carbocycles. The van der Waals surface area contributed by atoms with Crippen molar-refractivity contribution in [1.82, 2.24) is 0 Å². The van der Waals surface area contributed by atoms with Gasteiger partial charge in [0.1, 0.15) is 5.75 Å². The van der Waals surface area contributed by atoms with Crippen LogP contribution in [0.4, 0.5) is 11.4 Å². The highest BCUT2D eigenvalue weighted by atomic mass is 16.5. The maximum absolute atomic E-state index is 9.16. The van der Waals surface area contributed by atoms with Gasteiger partial charge in [0.05, 0.1) is 24.1 Å². The van der Waals surface area contributed by atoms with Crippen molar-refractivity contribution in [2.24, 2.45) is 0 Å². The highest BCUT2D eigenvalue weighted by Gasteiger charge is 2.10. The second-order valence-corrected chi connectivity index (χ2v) is 4.32. The Bertz CT molecular complexity index is 349. The summed E-state index contributed by atoms with van der Waals surface area (Å²) in [5.74, 6) is 0.679. The molecule has 4 N–H and O–H groups in total. The number of aliphatic hydroxyl groups is 1. The minimum absolute atomic E-state index is 0.0200. The van der Waals surface area contributed by atoms with Crippen LogP contribution in [0, 0.1) is 0 Å². The standard InChI is InChI=1S/C13H22N2O2/c1-4-10(8-16)15-11-6-5-7-12(13(11)14)17-9(2)3/h5-7,9-10,15-16H,4,8,14H2,1-3H3. The Labute approximate surface area is 103 Å². The highest BCUT2D eigenvalue weighted by Crippen LogP contribution is 2.30. The molecule has 0 aliphatic heterocycles. The maximum atomic E-state index is 9.16. The van der Waals surface area contributed by atoms with E-state index in [1.807, 2.05) is 39.0 Å². The number of aliphatic hydroxyl groups excluding tert-OH is 1. The lowest BCUT2D eigenvalue weighted by Gasteiger charge is -2.19. The normalized spacial score (nSPS) is 12.5. The number of hydrogen-bond acceptors (Lipinski definition) is 4. The van der Waals surface area contributed by atoms with E-state index in [9.17, 15) is 0 Å². The number of anilines is 2. The zero-order valence-corrected chi connectivity index (χ0v) is 10.7. The molecule has 1 aromatic rings. The minimum atomic E-state index is 0.0200. The van der Waals surface area contributed by atoms with Gasteiger partial charge in [0.25, 0.3) is 0 Å². The lowest BCUT2D eigenvalue weighted by atomic mass is 10.2. The van der Waals surface area contributed by atoms with Gasteiger partial charge in [-0.25, -0.2) is 0 Å². The highest BCUT2D eigenvalue weighted by molar-refractivity contribution is 5.73. The van der Waals surface area contributed by atoms with E-state index in [4.69, 9.17) is 15.6 Å². The van der Waals surface area contributed by atoms with Crippen LogP contribution in [-0.2, 0) is 0 Å². The van der Waals surface area contributed by atoms with Crippen LogP contribution >= 0.6 is 0 Å². The summed E-state index contributed by atoms with van der Waals surface area (Å²) in [5, 5.41) is 12.4. The second kappa shape index (κ2) is 6.35. The van der Waals surface area contributed by atoms with Gasteiger partial charge in [-0.2, -0.15) is 0 Å². The summed E-state index contributed by atoms with van der Waals surface area (Å²) in [6.07, 6.45) is 0.929. The van der Waals surface area contributed by atoms with Crippen LogP contribution in [0.15, 0.2) is 18.2 Å². The van der Waals surface area contributed by atoms with Gasteiger partial charge in [0, 0.05) is 6.04 Å². The molecule has 0 fully saturated rings. The summed E-state index contributed by atoms with van der Waals surface area (Å²) >= 11 is 0. The SMILES string of the molecule is CCC(CO)Nc1cccc(OC(C)C)c1N.